The number of ether oxygens (including phenoxy) is 1. The summed E-state index contributed by atoms with van der Waals surface area (Å²) < 4.78 is 12.1. The third-order valence-electron chi connectivity index (χ3n) is 4.04. The molecule has 0 N–H and O–H groups in total. The van der Waals surface area contributed by atoms with Gasteiger partial charge in [-0.2, -0.15) is 0 Å². The SMILES string of the molecule is Cc1cc(-n2c(C)cc(C(=O)COC(=O)CSc3ccccc3)c2C)no1. The molecular formula is C20H20N2O4S. The molecule has 2 aromatic heterocycles. The zero-order chi connectivity index (χ0) is 19.4. The molecule has 7 heteroatoms. The van der Waals surface area contributed by atoms with Crippen molar-refractivity contribution in [1.29, 1.82) is 0 Å². The Kier molecular flexibility index (Phi) is 5.81. The van der Waals surface area contributed by atoms with Crippen LogP contribution in [0.2, 0.25) is 0 Å². The standard InChI is InChI=1S/C20H20N2O4S/c1-13-9-17(15(3)22(13)19-10-14(2)26-21-19)18(23)11-25-20(24)12-27-16-7-5-4-6-8-16/h4-10H,11-12H2,1-3H3. The van der Waals surface area contributed by atoms with Crippen LogP contribution in [0.25, 0.3) is 5.82 Å². The Labute approximate surface area is 161 Å². The summed E-state index contributed by atoms with van der Waals surface area (Å²) in [5.41, 5.74) is 2.10. The summed E-state index contributed by atoms with van der Waals surface area (Å²) in [6.45, 7) is 5.24. The first kappa shape index (κ1) is 19.0. The van der Waals surface area contributed by atoms with Gasteiger partial charge in [0.25, 0.3) is 0 Å². The number of carbonyl (C=O) groups excluding carboxylic acids is 2. The highest BCUT2D eigenvalue weighted by atomic mass is 32.2. The molecule has 27 heavy (non-hydrogen) atoms. The lowest BCUT2D eigenvalue weighted by molar-refractivity contribution is -0.139. The summed E-state index contributed by atoms with van der Waals surface area (Å²) in [4.78, 5) is 25.4. The number of benzene rings is 1. The fourth-order valence-corrected chi connectivity index (χ4v) is 3.50. The van der Waals surface area contributed by atoms with Crippen LogP contribution in [0.15, 0.2) is 51.9 Å². The highest BCUT2D eigenvalue weighted by molar-refractivity contribution is 8.00. The van der Waals surface area contributed by atoms with Crippen LogP contribution in [0.5, 0.6) is 0 Å². The molecule has 3 rings (SSSR count). The smallest absolute Gasteiger partial charge is 0.316 e. The van der Waals surface area contributed by atoms with Crippen molar-refractivity contribution in [2.24, 2.45) is 0 Å². The van der Waals surface area contributed by atoms with Crippen molar-refractivity contribution in [2.45, 2.75) is 25.7 Å². The van der Waals surface area contributed by atoms with E-state index in [9.17, 15) is 9.59 Å². The van der Waals surface area contributed by atoms with Gasteiger partial charge in [0.1, 0.15) is 5.76 Å². The molecule has 0 bridgehead atoms. The number of hydrogen-bond donors (Lipinski definition) is 0. The van der Waals surface area contributed by atoms with Gasteiger partial charge in [-0.25, -0.2) is 0 Å². The fourth-order valence-electron chi connectivity index (χ4n) is 2.78. The fraction of sp³-hybridized carbons (Fsp3) is 0.250. The van der Waals surface area contributed by atoms with Gasteiger partial charge in [-0.15, -0.1) is 11.8 Å². The summed E-state index contributed by atoms with van der Waals surface area (Å²) in [6.07, 6.45) is 0. The summed E-state index contributed by atoms with van der Waals surface area (Å²) in [7, 11) is 0. The Morgan fingerprint density at radius 1 is 1.15 bits per heavy atom. The third kappa shape index (κ3) is 4.49. The van der Waals surface area contributed by atoms with Crippen LogP contribution < -0.4 is 0 Å². The minimum atomic E-state index is -0.418. The second-order valence-corrected chi connectivity index (χ2v) is 7.15. The predicted molar refractivity (Wildman–Crippen MR) is 102 cm³/mol. The first-order valence-corrected chi connectivity index (χ1v) is 9.43. The van der Waals surface area contributed by atoms with E-state index in [0.717, 1.165) is 16.3 Å². The molecule has 0 aliphatic carbocycles. The molecule has 0 aliphatic rings. The van der Waals surface area contributed by atoms with Crippen LogP contribution in [-0.2, 0) is 9.53 Å². The Hall–Kier alpha value is -2.80. The van der Waals surface area contributed by atoms with Gasteiger partial charge in [-0.3, -0.25) is 14.2 Å². The molecule has 0 unspecified atom stereocenters. The molecule has 3 aromatic rings. The van der Waals surface area contributed by atoms with Crippen molar-refractivity contribution in [3.05, 3.63) is 65.2 Å². The van der Waals surface area contributed by atoms with Gasteiger partial charge in [-0.05, 0) is 39.0 Å². The Morgan fingerprint density at radius 3 is 2.56 bits per heavy atom. The quantitative estimate of drug-likeness (QED) is 0.349. The lowest BCUT2D eigenvalue weighted by atomic mass is 10.1. The molecule has 0 spiro atoms. The minimum Gasteiger partial charge on any atom is -0.457 e. The molecule has 0 atom stereocenters. The number of Topliss-reactive ketones (excluding diaryl/α,β-unsaturated/α-hetero) is 1. The summed E-state index contributed by atoms with van der Waals surface area (Å²) in [5.74, 6) is 0.813. The predicted octanol–water partition coefficient (Wildman–Crippen LogP) is 3.91. The van der Waals surface area contributed by atoms with Gasteiger partial charge >= 0.3 is 5.97 Å². The molecule has 0 saturated carbocycles. The second kappa shape index (κ2) is 8.26. The number of aromatic nitrogens is 2. The first-order valence-electron chi connectivity index (χ1n) is 8.45. The molecule has 0 fully saturated rings. The number of hydrogen-bond acceptors (Lipinski definition) is 6. The Bertz CT molecular complexity index is 960. The second-order valence-electron chi connectivity index (χ2n) is 6.10. The molecule has 2 heterocycles. The molecule has 0 radical (unpaired) electrons. The van der Waals surface area contributed by atoms with Gasteiger partial charge in [0.2, 0.25) is 5.78 Å². The minimum absolute atomic E-state index is 0.161. The molecule has 6 nitrogen and oxygen atoms in total. The molecule has 140 valence electrons. The molecule has 1 aromatic carbocycles. The molecule has 0 amide bonds. The number of rotatable bonds is 7. The molecular weight excluding hydrogens is 364 g/mol. The highest BCUT2D eigenvalue weighted by Gasteiger charge is 2.19. The van der Waals surface area contributed by atoms with Crippen molar-refractivity contribution in [3.63, 3.8) is 0 Å². The Balaban J connectivity index is 1.60. The van der Waals surface area contributed by atoms with E-state index in [1.807, 2.05) is 55.7 Å². The van der Waals surface area contributed by atoms with E-state index in [1.54, 1.807) is 12.1 Å². The van der Waals surface area contributed by atoms with Crippen molar-refractivity contribution in [3.8, 4) is 5.82 Å². The topological polar surface area (TPSA) is 74.3 Å². The molecule has 0 saturated heterocycles. The lowest BCUT2D eigenvalue weighted by Gasteiger charge is -2.06. The largest absolute Gasteiger partial charge is 0.457 e. The zero-order valence-electron chi connectivity index (χ0n) is 15.4. The summed E-state index contributed by atoms with van der Waals surface area (Å²) in [6, 6.07) is 13.1. The maximum absolute atomic E-state index is 12.5. The number of esters is 1. The van der Waals surface area contributed by atoms with Crippen molar-refractivity contribution in [1.82, 2.24) is 9.72 Å². The van der Waals surface area contributed by atoms with Crippen LogP contribution in [0, 0.1) is 20.8 Å². The van der Waals surface area contributed by atoms with Crippen molar-refractivity contribution < 1.29 is 18.8 Å². The van der Waals surface area contributed by atoms with Crippen LogP contribution in [0.3, 0.4) is 0 Å². The summed E-state index contributed by atoms with van der Waals surface area (Å²) >= 11 is 1.38. The van der Waals surface area contributed by atoms with Gasteiger partial charge in [0, 0.05) is 27.9 Å². The first-order chi connectivity index (χ1) is 13.0. The Morgan fingerprint density at radius 2 is 1.89 bits per heavy atom. The van der Waals surface area contributed by atoms with E-state index in [0.29, 0.717) is 17.1 Å². The normalized spacial score (nSPS) is 10.8. The van der Waals surface area contributed by atoms with Crippen molar-refractivity contribution >= 4 is 23.5 Å². The van der Waals surface area contributed by atoms with E-state index in [-0.39, 0.29) is 18.1 Å². The van der Waals surface area contributed by atoms with E-state index in [4.69, 9.17) is 9.26 Å². The zero-order valence-corrected chi connectivity index (χ0v) is 16.2. The average molecular weight is 384 g/mol. The van der Waals surface area contributed by atoms with E-state index in [1.165, 1.54) is 11.8 Å². The number of ketones is 1. The van der Waals surface area contributed by atoms with Gasteiger partial charge in [-0.1, -0.05) is 23.4 Å². The maximum Gasteiger partial charge on any atom is 0.316 e. The van der Waals surface area contributed by atoms with Gasteiger partial charge in [0.15, 0.2) is 12.4 Å². The van der Waals surface area contributed by atoms with Crippen LogP contribution >= 0.6 is 11.8 Å². The average Bonchev–Trinajstić information content (AvgIpc) is 3.21. The number of aryl methyl sites for hydroxylation is 2. The maximum atomic E-state index is 12.5. The number of nitrogens with zero attached hydrogens (tertiary/aromatic N) is 2. The van der Waals surface area contributed by atoms with E-state index < -0.39 is 5.97 Å². The number of thioether (sulfide) groups is 1. The van der Waals surface area contributed by atoms with Gasteiger partial charge in [0.05, 0.1) is 5.75 Å². The van der Waals surface area contributed by atoms with E-state index in [2.05, 4.69) is 5.16 Å². The number of carbonyl (C=O) groups is 2. The van der Waals surface area contributed by atoms with Crippen LogP contribution in [0.4, 0.5) is 0 Å². The van der Waals surface area contributed by atoms with Crippen molar-refractivity contribution in [2.75, 3.05) is 12.4 Å². The monoisotopic (exact) mass is 384 g/mol. The summed E-state index contributed by atoms with van der Waals surface area (Å²) in [5, 5.41) is 4.00. The third-order valence-corrected chi connectivity index (χ3v) is 5.03. The lowest BCUT2D eigenvalue weighted by Crippen LogP contribution is -2.16. The van der Waals surface area contributed by atoms with E-state index >= 15 is 0 Å². The molecule has 0 aliphatic heterocycles. The van der Waals surface area contributed by atoms with Crippen LogP contribution in [-0.4, -0.2) is 33.8 Å². The highest BCUT2D eigenvalue weighted by Crippen LogP contribution is 2.21. The van der Waals surface area contributed by atoms with Crippen LogP contribution in [0.1, 0.15) is 27.5 Å². The van der Waals surface area contributed by atoms with Gasteiger partial charge < -0.3 is 9.26 Å².